The molecule has 0 atom stereocenters. The Balaban J connectivity index is 0.000000118. The van der Waals surface area contributed by atoms with Crippen LogP contribution < -0.4 is 0 Å². The Hall–Kier alpha value is -5.01. The van der Waals surface area contributed by atoms with Crippen molar-refractivity contribution in [1.82, 2.24) is 0 Å². The normalized spacial score (nSPS) is 14.6. The van der Waals surface area contributed by atoms with E-state index in [4.69, 9.17) is 0 Å². The number of carbonyl (C=O) groups is 1. The summed E-state index contributed by atoms with van der Waals surface area (Å²) in [5.41, 5.74) is 23.4. The van der Waals surface area contributed by atoms with Crippen LogP contribution in [0.1, 0.15) is 99.3 Å². The van der Waals surface area contributed by atoms with Gasteiger partial charge in [0.2, 0.25) is 0 Å². The quantitative estimate of drug-likeness (QED) is 0.159. The maximum absolute atomic E-state index is 12.1. The molecule has 0 amide bonds. The Morgan fingerprint density at radius 3 is 0.960 bits per heavy atom. The highest BCUT2D eigenvalue weighted by Gasteiger charge is 2.36. The zero-order valence-electron chi connectivity index (χ0n) is 31.3. The lowest BCUT2D eigenvalue weighted by atomic mass is 9.81. The van der Waals surface area contributed by atoms with E-state index < -0.39 is 0 Å². The maximum Gasteiger partial charge on any atom is 0.194 e. The molecule has 0 aromatic heterocycles. The van der Waals surface area contributed by atoms with Crippen LogP contribution in [0.4, 0.5) is 0 Å². The number of hydrogen-bond acceptors (Lipinski definition) is 1. The van der Waals surface area contributed by atoms with E-state index in [2.05, 4.69) is 154 Å². The smallest absolute Gasteiger partial charge is 0.194 e. The summed E-state index contributed by atoms with van der Waals surface area (Å²) >= 11 is 0. The SMILES string of the molecule is Cc1ccc2c(c1)-c1cc(C)ccc1C2(C)C.Cc1ccc2c(c1)-c1cc(C)ccc1C2=O.Cc1ccc2c(c1)C(C)(C)c1cc(C)ccc1-2. The van der Waals surface area contributed by atoms with Gasteiger partial charge in [-0.1, -0.05) is 170 Å². The number of fused-ring (bicyclic) bond motifs is 9. The first-order valence-electron chi connectivity index (χ1n) is 17.9. The summed E-state index contributed by atoms with van der Waals surface area (Å²) in [5.74, 6) is 0.157. The second-order valence-corrected chi connectivity index (χ2v) is 15.9. The van der Waals surface area contributed by atoms with Crippen LogP contribution in [0.15, 0.2) is 109 Å². The van der Waals surface area contributed by atoms with Gasteiger partial charge in [-0.3, -0.25) is 4.79 Å². The molecule has 0 fully saturated rings. The summed E-state index contributed by atoms with van der Waals surface area (Å²) in [6, 6.07) is 39.4. The molecule has 0 aliphatic heterocycles. The standard InChI is InChI=1S/2C17H18.C15H12O/c1-11-5-7-15-13(9-11)14-10-12(2)6-8-16(14)17(15,3)4;1-11-5-7-13-14-8-6-12(2)10-16(14)17(3,4)15(13)9-11;1-9-3-5-11-13(7-9)14-8-10(2)4-6-12(14)15(11)16/h2*5-10H,1-4H3;3-8H,1-2H3. The van der Waals surface area contributed by atoms with E-state index in [1.54, 1.807) is 0 Å². The fraction of sp³-hybridized carbons (Fsp3) is 0.245. The molecule has 3 aliphatic carbocycles. The van der Waals surface area contributed by atoms with Crippen molar-refractivity contribution in [1.29, 1.82) is 0 Å². The first kappa shape index (κ1) is 33.5. The largest absolute Gasteiger partial charge is 0.289 e. The number of ketones is 1. The molecule has 1 heteroatoms. The predicted octanol–water partition coefficient (Wildman–Crippen LogP) is 12.7. The third kappa shape index (κ3) is 5.54. The Kier molecular flexibility index (Phi) is 8.10. The van der Waals surface area contributed by atoms with Gasteiger partial charge in [0.25, 0.3) is 0 Å². The van der Waals surface area contributed by atoms with Gasteiger partial charge in [0.05, 0.1) is 0 Å². The van der Waals surface area contributed by atoms with E-state index in [9.17, 15) is 4.79 Å². The van der Waals surface area contributed by atoms with Crippen LogP contribution in [0, 0.1) is 41.5 Å². The van der Waals surface area contributed by atoms with Crippen molar-refractivity contribution >= 4 is 5.78 Å². The lowest BCUT2D eigenvalue weighted by Gasteiger charge is -2.22. The van der Waals surface area contributed by atoms with Crippen LogP contribution in [0.25, 0.3) is 33.4 Å². The van der Waals surface area contributed by atoms with Gasteiger partial charge < -0.3 is 0 Å². The highest BCUT2D eigenvalue weighted by molar-refractivity contribution is 6.21. The molecular formula is C49H48O. The molecule has 9 rings (SSSR count). The Bertz CT molecular complexity index is 2180. The number of benzene rings is 6. The first-order chi connectivity index (χ1) is 23.7. The van der Waals surface area contributed by atoms with Crippen molar-refractivity contribution in [3.05, 3.63) is 176 Å². The van der Waals surface area contributed by atoms with E-state index in [0.29, 0.717) is 0 Å². The van der Waals surface area contributed by atoms with Crippen LogP contribution in [-0.4, -0.2) is 5.78 Å². The molecule has 0 N–H and O–H groups in total. The zero-order valence-corrected chi connectivity index (χ0v) is 31.3. The minimum Gasteiger partial charge on any atom is -0.289 e. The van der Waals surface area contributed by atoms with Crippen molar-refractivity contribution in [3.8, 4) is 33.4 Å². The fourth-order valence-corrected chi connectivity index (χ4v) is 8.27. The van der Waals surface area contributed by atoms with Gasteiger partial charge in [-0.05, 0) is 97.2 Å². The van der Waals surface area contributed by atoms with Crippen molar-refractivity contribution in [2.45, 2.75) is 80.1 Å². The topological polar surface area (TPSA) is 17.1 Å². The molecule has 0 radical (unpaired) electrons. The summed E-state index contributed by atoms with van der Waals surface area (Å²) in [4.78, 5) is 12.1. The molecule has 0 saturated carbocycles. The Morgan fingerprint density at radius 2 is 0.580 bits per heavy atom. The minimum absolute atomic E-state index is 0.142. The summed E-state index contributed by atoms with van der Waals surface area (Å²) in [6.45, 7) is 22.1. The molecular weight excluding hydrogens is 605 g/mol. The predicted molar refractivity (Wildman–Crippen MR) is 212 cm³/mol. The van der Waals surface area contributed by atoms with Crippen molar-refractivity contribution in [2.24, 2.45) is 0 Å². The van der Waals surface area contributed by atoms with Gasteiger partial charge in [-0.2, -0.15) is 0 Å². The third-order valence-electron chi connectivity index (χ3n) is 11.1. The lowest BCUT2D eigenvalue weighted by Crippen LogP contribution is -2.15. The molecule has 0 spiro atoms. The zero-order chi connectivity index (χ0) is 35.7. The molecule has 0 bridgehead atoms. The van der Waals surface area contributed by atoms with Crippen LogP contribution >= 0.6 is 0 Å². The summed E-state index contributed by atoms with van der Waals surface area (Å²) in [7, 11) is 0. The average molecular weight is 653 g/mol. The molecule has 50 heavy (non-hydrogen) atoms. The van der Waals surface area contributed by atoms with Crippen LogP contribution in [0.3, 0.4) is 0 Å². The van der Waals surface area contributed by atoms with E-state index in [1.165, 1.54) is 77.9 Å². The van der Waals surface area contributed by atoms with Crippen molar-refractivity contribution in [3.63, 3.8) is 0 Å². The monoisotopic (exact) mass is 652 g/mol. The van der Waals surface area contributed by atoms with Crippen LogP contribution in [-0.2, 0) is 10.8 Å². The van der Waals surface area contributed by atoms with Crippen molar-refractivity contribution < 1.29 is 4.79 Å². The molecule has 250 valence electrons. The summed E-state index contributed by atoms with van der Waals surface area (Å²) < 4.78 is 0. The maximum atomic E-state index is 12.1. The third-order valence-corrected chi connectivity index (χ3v) is 11.1. The first-order valence-corrected chi connectivity index (χ1v) is 17.9. The molecule has 6 aromatic rings. The number of carbonyl (C=O) groups excluding carboxylic acids is 1. The van der Waals surface area contributed by atoms with Crippen molar-refractivity contribution in [2.75, 3.05) is 0 Å². The van der Waals surface area contributed by atoms with Gasteiger partial charge in [-0.25, -0.2) is 0 Å². The van der Waals surface area contributed by atoms with Crippen LogP contribution in [0.5, 0.6) is 0 Å². The van der Waals surface area contributed by atoms with Gasteiger partial charge in [0.15, 0.2) is 5.78 Å². The molecule has 0 saturated heterocycles. The summed E-state index contributed by atoms with van der Waals surface area (Å²) in [6.07, 6.45) is 0. The van der Waals surface area contributed by atoms with Gasteiger partial charge in [-0.15, -0.1) is 0 Å². The second-order valence-electron chi connectivity index (χ2n) is 15.9. The molecule has 0 unspecified atom stereocenters. The molecule has 3 aliphatic rings. The highest BCUT2D eigenvalue weighted by Crippen LogP contribution is 2.50. The Morgan fingerprint density at radius 1 is 0.300 bits per heavy atom. The molecule has 6 aromatic carbocycles. The number of aryl methyl sites for hydroxylation is 6. The number of rotatable bonds is 0. The average Bonchev–Trinajstić information content (AvgIpc) is 3.55. The van der Waals surface area contributed by atoms with Gasteiger partial charge in [0, 0.05) is 22.0 Å². The second kappa shape index (κ2) is 12.1. The van der Waals surface area contributed by atoms with Gasteiger partial charge in [0.1, 0.15) is 0 Å². The number of hydrogen-bond donors (Lipinski definition) is 0. The molecule has 1 nitrogen and oxygen atoms in total. The van der Waals surface area contributed by atoms with Crippen LogP contribution in [0.2, 0.25) is 0 Å². The van der Waals surface area contributed by atoms with E-state index in [0.717, 1.165) is 22.3 Å². The lowest BCUT2D eigenvalue weighted by molar-refractivity contribution is 0.104. The van der Waals surface area contributed by atoms with E-state index in [-0.39, 0.29) is 16.6 Å². The van der Waals surface area contributed by atoms with E-state index >= 15 is 0 Å². The van der Waals surface area contributed by atoms with Gasteiger partial charge >= 0.3 is 0 Å². The fourth-order valence-electron chi connectivity index (χ4n) is 8.27. The highest BCUT2D eigenvalue weighted by atomic mass is 16.1. The molecule has 0 heterocycles. The minimum atomic E-state index is 0.142. The van der Waals surface area contributed by atoms with E-state index in [1.807, 2.05) is 24.3 Å². The summed E-state index contributed by atoms with van der Waals surface area (Å²) in [5, 5.41) is 0. The Labute approximate surface area is 299 Å².